The highest BCUT2D eigenvalue weighted by molar-refractivity contribution is 7.89. The van der Waals surface area contributed by atoms with Gasteiger partial charge >= 0.3 is 0 Å². The van der Waals surface area contributed by atoms with Gasteiger partial charge in [0, 0.05) is 6.54 Å². The molecule has 1 saturated heterocycles. The van der Waals surface area contributed by atoms with E-state index in [0.717, 1.165) is 0 Å². The minimum Gasteiger partial charge on any atom is -0.395 e. The van der Waals surface area contributed by atoms with Gasteiger partial charge in [-0.15, -0.1) is 0 Å². The molecule has 0 aromatic carbocycles. The minimum absolute atomic E-state index is 0.142. The number of morpholine rings is 1. The van der Waals surface area contributed by atoms with Crippen LogP contribution in [0.3, 0.4) is 0 Å². The second-order valence-corrected chi connectivity index (χ2v) is 5.38. The van der Waals surface area contributed by atoms with Crippen LogP contribution in [0.25, 0.3) is 0 Å². The molecule has 0 radical (unpaired) electrons. The largest absolute Gasteiger partial charge is 0.395 e. The molecule has 0 amide bonds. The summed E-state index contributed by atoms with van der Waals surface area (Å²) in [6.07, 6.45) is 0.595. The highest BCUT2D eigenvalue weighted by atomic mass is 32.2. The lowest BCUT2D eigenvalue weighted by Crippen LogP contribution is -2.51. The van der Waals surface area contributed by atoms with Gasteiger partial charge in [-0.3, -0.25) is 0 Å². The van der Waals surface area contributed by atoms with Gasteiger partial charge in [-0.05, 0) is 6.42 Å². The molecule has 0 aliphatic carbocycles. The molecule has 0 aromatic heterocycles. The highest BCUT2D eigenvalue weighted by Gasteiger charge is 2.31. The predicted octanol–water partition coefficient (Wildman–Crippen LogP) is -0.581. The molecular weight excluding hydrogens is 206 g/mol. The van der Waals surface area contributed by atoms with Crippen LogP contribution in [-0.4, -0.2) is 56.0 Å². The lowest BCUT2D eigenvalue weighted by molar-refractivity contribution is 0.0109. The van der Waals surface area contributed by atoms with Crippen LogP contribution in [0.15, 0.2) is 0 Å². The van der Waals surface area contributed by atoms with Gasteiger partial charge in [0.05, 0.1) is 31.6 Å². The van der Waals surface area contributed by atoms with Gasteiger partial charge in [0.15, 0.2) is 0 Å². The second-order valence-electron chi connectivity index (χ2n) is 3.34. The molecule has 14 heavy (non-hydrogen) atoms. The highest BCUT2D eigenvalue weighted by Crippen LogP contribution is 2.13. The molecule has 5 nitrogen and oxygen atoms in total. The fourth-order valence-corrected chi connectivity index (χ4v) is 3.21. The van der Waals surface area contributed by atoms with E-state index in [4.69, 9.17) is 9.84 Å². The first-order valence-electron chi connectivity index (χ1n) is 4.80. The Labute approximate surface area is 84.7 Å². The van der Waals surface area contributed by atoms with Crippen molar-refractivity contribution in [2.24, 2.45) is 0 Å². The van der Waals surface area contributed by atoms with E-state index in [9.17, 15) is 8.42 Å². The summed E-state index contributed by atoms with van der Waals surface area (Å²) >= 11 is 0. The molecule has 1 rings (SSSR count). The Hall–Kier alpha value is -0.170. The van der Waals surface area contributed by atoms with Gasteiger partial charge in [0.2, 0.25) is 10.0 Å². The standard InChI is InChI=1S/C8H17NO4S/c1-2-5-14(11,12)9-3-4-13-7-8(9)6-10/h8,10H,2-7H2,1H3. The molecule has 1 atom stereocenters. The first-order chi connectivity index (χ1) is 6.61. The SMILES string of the molecule is CCCS(=O)(=O)N1CCOCC1CO. The Bertz CT molecular complexity index is 265. The van der Waals surface area contributed by atoms with Crippen LogP contribution in [0, 0.1) is 0 Å². The summed E-state index contributed by atoms with van der Waals surface area (Å²) in [5.41, 5.74) is 0. The molecule has 6 heteroatoms. The molecule has 1 heterocycles. The van der Waals surface area contributed by atoms with E-state index in [-0.39, 0.29) is 12.4 Å². The lowest BCUT2D eigenvalue weighted by atomic mass is 10.3. The zero-order chi connectivity index (χ0) is 10.6. The Kier molecular flexibility index (Phi) is 4.31. The van der Waals surface area contributed by atoms with E-state index in [1.165, 1.54) is 4.31 Å². The van der Waals surface area contributed by atoms with Crippen molar-refractivity contribution in [2.75, 3.05) is 32.1 Å². The van der Waals surface area contributed by atoms with Crippen LogP contribution in [0.5, 0.6) is 0 Å². The van der Waals surface area contributed by atoms with Crippen molar-refractivity contribution in [3.8, 4) is 0 Å². The maximum atomic E-state index is 11.7. The number of hydrogen-bond donors (Lipinski definition) is 1. The molecule has 0 bridgehead atoms. The zero-order valence-electron chi connectivity index (χ0n) is 8.35. The summed E-state index contributed by atoms with van der Waals surface area (Å²) in [6.45, 7) is 2.71. The molecule has 84 valence electrons. The maximum Gasteiger partial charge on any atom is 0.214 e. The summed E-state index contributed by atoms with van der Waals surface area (Å²) in [4.78, 5) is 0. The van der Waals surface area contributed by atoms with E-state index >= 15 is 0 Å². The van der Waals surface area contributed by atoms with Gasteiger partial charge in [-0.25, -0.2) is 8.42 Å². The summed E-state index contributed by atoms with van der Waals surface area (Å²) in [5, 5.41) is 9.01. The second kappa shape index (κ2) is 5.06. The van der Waals surface area contributed by atoms with Crippen LogP contribution >= 0.6 is 0 Å². The van der Waals surface area contributed by atoms with E-state index < -0.39 is 16.1 Å². The van der Waals surface area contributed by atoms with E-state index in [1.807, 2.05) is 6.92 Å². The quantitative estimate of drug-likeness (QED) is 0.692. The van der Waals surface area contributed by atoms with Gasteiger partial charge in [0.1, 0.15) is 0 Å². The summed E-state index contributed by atoms with van der Waals surface area (Å²) in [7, 11) is -3.20. The van der Waals surface area contributed by atoms with Gasteiger partial charge in [-0.2, -0.15) is 4.31 Å². The molecule has 1 aliphatic rings. The summed E-state index contributed by atoms with van der Waals surface area (Å²) in [6, 6.07) is -0.403. The van der Waals surface area contributed by atoms with Crippen molar-refractivity contribution < 1.29 is 18.3 Å². The van der Waals surface area contributed by atoms with E-state index in [2.05, 4.69) is 0 Å². The third-order valence-corrected chi connectivity index (χ3v) is 4.32. The number of aliphatic hydroxyl groups is 1. The molecule has 1 aliphatic heterocycles. The van der Waals surface area contributed by atoms with Crippen LogP contribution in [0.2, 0.25) is 0 Å². The van der Waals surface area contributed by atoms with Crippen molar-refractivity contribution in [3.63, 3.8) is 0 Å². The van der Waals surface area contributed by atoms with Gasteiger partial charge in [-0.1, -0.05) is 6.92 Å². The van der Waals surface area contributed by atoms with E-state index in [1.54, 1.807) is 0 Å². The Morgan fingerprint density at radius 2 is 2.29 bits per heavy atom. The van der Waals surface area contributed by atoms with Crippen molar-refractivity contribution in [1.29, 1.82) is 0 Å². The van der Waals surface area contributed by atoms with Crippen molar-refractivity contribution >= 4 is 10.0 Å². The number of hydrogen-bond acceptors (Lipinski definition) is 4. The minimum atomic E-state index is -3.20. The number of ether oxygens (including phenoxy) is 1. The Morgan fingerprint density at radius 1 is 1.57 bits per heavy atom. The zero-order valence-corrected chi connectivity index (χ0v) is 9.16. The number of rotatable bonds is 4. The first kappa shape index (κ1) is 11.9. The monoisotopic (exact) mass is 223 g/mol. The summed E-state index contributed by atoms with van der Waals surface area (Å²) < 4.78 is 29.9. The molecular formula is C8H17NO4S. The van der Waals surface area contributed by atoms with Crippen molar-refractivity contribution in [2.45, 2.75) is 19.4 Å². The van der Waals surface area contributed by atoms with Crippen molar-refractivity contribution in [1.82, 2.24) is 4.31 Å². The third-order valence-electron chi connectivity index (χ3n) is 2.20. The molecule has 0 aromatic rings. The normalized spacial score (nSPS) is 25.1. The average Bonchev–Trinajstić information content (AvgIpc) is 2.18. The first-order valence-corrected chi connectivity index (χ1v) is 6.41. The third kappa shape index (κ3) is 2.66. The summed E-state index contributed by atoms with van der Waals surface area (Å²) in [5.74, 6) is 0.142. The van der Waals surface area contributed by atoms with Gasteiger partial charge < -0.3 is 9.84 Å². The fraction of sp³-hybridized carbons (Fsp3) is 1.00. The fourth-order valence-electron chi connectivity index (χ4n) is 1.52. The smallest absolute Gasteiger partial charge is 0.214 e. The predicted molar refractivity (Wildman–Crippen MR) is 52.5 cm³/mol. The maximum absolute atomic E-state index is 11.7. The lowest BCUT2D eigenvalue weighted by Gasteiger charge is -2.33. The van der Waals surface area contributed by atoms with Crippen molar-refractivity contribution in [3.05, 3.63) is 0 Å². The van der Waals surface area contributed by atoms with Crippen LogP contribution in [-0.2, 0) is 14.8 Å². The van der Waals surface area contributed by atoms with E-state index in [0.29, 0.717) is 26.2 Å². The molecule has 0 spiro atoms. The molecule has 1 fully saturated rings. The van der Waals surface area contributed by atoms with Gasteiger partial charge in [0.25, 0.3) is 0 Å². The number of sulfonamides is 1. The number of nitrogens with zero attached hydrogens (tertiary/aromatic N) is 1. The Balaban J connectivity index is 2.72. The van der Waals surface area contributed by atoms with Crippen LogP contribution in [0.1, 0.15) is 13.3 Å². The molecule has 0 saturated carbocycles. The van der Waals surface area contributed by atoms with Crippen LogP contribution in [0.4, 0.5) is 0 Å². The van der Waals surface area contributed by atoms with Crippen LogP contribution < -0.4 is 0 Å². The molecule has 1 unspecified atom stereocenters. The topological polar surface area (TPSA) is 66.8 Å². The average molecular weight is 223 g/mol. The molecule has 1 N–H and O–H groups in total. The Morgan fingerprint density at radius 3 is 2.86 bits per heavy atom. The number of aliphatic hydroxyl groups excluding tert-OH is 1.